The van der Waals surface area contributed by atoms with E-state index in [2.05, 4.69) is 15.2 Å². The van der Waals surface area contributed by atoms with Crippen molar-refractivity contribution in [3.63, 3.8) is 0 Å². The second-order valence-electron chi connectivity index (χ2n) is 8.02. The molecule has 3 aromatic heterocycles. The van der Waals surface area contributed by atoms with Crippen LogP contribution in [-0.4, -0.2) is 35.0 Å². The number of fused-ring (bicyclic) bond motifs is 2. The Morgan fingerprint density at radius 1 is 1.06 bits per heavy atom. The smallest absolute Gasteiger partial charge is 0.346 e. The first kappa shape index (κ1) is 18.2. The molecular weight excluding hydrogens is 406 g/mol. The van der Waals surface area contributed by atoms with Gasteiger partial charge in [-0.15, -0.1) is 0 Å². The lowest BCUT2D eigenvalue weighted by molar-refractivity contribution is 0.0564. The third-order valence-electron chi connectivity index (χ3n) is 6.08. The number of nitrogens with zero attached hydrogens (tertiary/aromatic N) is 6. The summed E-state index contributed by atoms with van der Waals surface area (Å²) in [6.45, 7) is 0. The third kappa shape index (κ3) is 2.93. The zero-order chi connectivity index (χ0) is 21.1. The highest BCUT2D eigenvalue weighted by molar-refractivity contribution is 5.38. The van der Waals surface area contributed by atoms with Crippen LogP contribution in [0.1, 0.15) is 42.7 Å². The molecule has 6 rings (SSSR count). The van der Waals surface area contributed by atoms with Crippen molar-refractivity contribution in [3.05, 3.63) is 76.2 Å². The van der Waals surface area contributed by atoms with E-state index in [1.54, 1.807) is 33.6 Å². The second-order valence-corrected chi connectivity index (χ2v) is 8.02. The van der Waals surface area contributed by atoms with Gasteiger partial charge in [-0.25, -0.2) is 23.2 Å². The molecule has 0 saturated heterocycles. The predicted molar refractivity (Wildman–Crippen MR) is 105 cm³/mol. The van der Waals surface area contributed by atoms with Crippen molar-refractivity contribution in [2.75, 3.05) is 0 Å². The van der Waals surface area contributed by atoms with Gasteiger partial charge in [0.1, 0.15) is 23.6 Å². The molecule has 1 saturated carbocycles. The largest absolute Gasteiger partial charge is 0.474 e. The third-order valence-corrected chi connectivity index (χ3v) is 6.08. The summed E-state index contributed by atoms with van der Waals surface area (Å²) in [5.74, 6) is -0.0432. The molecule has 10 heteroatoms. The lowest BCUT2D eigenvalue weighted by Gasteiger charge is -2.34. The Morgan fingerprint density at radius 2 is 1.87 bits per heavy atom. The summed E-state index contributed by atoms with van der Waals surface area (Å²) in [6, 6.07) is 6.47. The summed E-state index contributed by atoms with van der Waals surface area (Å²) >= 11 is 0. The summed E-state index contributed by atoms with van der Waals surface area (Å²) in [6.07, 6.45) is 5.73. The summed E-state index contributed by atoms with van der Waals surface area (Å²) < 4.78 is 38.1. The quantitative estimate of drug-likeness (QED) is 0.503. The van der Waals surface area contributed by atoms with E-state index < -0.39 is 17.7 Å². The van der Waals surface area contributed by atoms with Gasteiger partial charge >= 0.3 is 5.69 Å². The van der Waals surface area contributed by atoms with E-state index in [0.29, 0.717) is 48.6 Å². The van der Waals surface area contributed by atoms with Crippen LogP contribution in [0.2, 0.25) is 0 Å². The molecule has 4 heterocycles. The number of hydrogen-bond acceptors (Lipinski definition) is 5. The molecule has 0 N–H and O–H groups in total. The molecule has 1 fully saturated rings. The van der Waals surface area contributed by atoms with Gasteiger partial charge in [-0.2, -0.15) is 14.7 Å². The van der Waals surface area contributed by atoms with Crippen molar-refractivity contribution < 1.29 is 13.5 Å². The Kier molecular flexibility index (Phi) is 3.95. The summed E-state index contributed by atoms with van der Waals surface area (Å²) in [4.78, 5) is 17.3. The average Bonchev–Trinajstić information content (AvgIpc) is 3.40. The molecule has 0 radical (unpaired) electrons. The van der Waals surface area contributed by atoms with Gasteiger partial charge in [-0.3, -0.25) is 4.57 Å². The molecule has 2 aliphatic rings. The van der Waals surface area contributed by atoms with E-state index in [-0.39, 0.29) is 17.8 Å². The van der Waals surface area contributed by atoms with E-state index in [4.69, 9.17) is 4.74 Å². The Hall–Kier alpha value is -3.56. The van der Waals surface area contributed by atoms with Crippen LogP contribution >= 0.6 is 0 Å². The minimum atomic E-state index is -0.648. The maximum atomic E-state index is 13.7. The van der Waals surface area contributed by atoms with Gasteiger partial charge in [0.2, 0.25) is 5.88 Å². The van der Waals surface area contributed by atoms with Crippen molar-refractivity contribution in [2.24, 2.45) is 0 Å². The standard InChI is InChI=1S/C21H18F2N6O2/c22-13-7-12(8-14(23)9-13)17-1-2-19-26-28(21(30)27(17)19)15-10-16(11-15)31-20-4-5-24-18-3-6-25-29(18)20/h3-9,15-17H,1-2,10-11H2/t15-,16-,17-/m0/s1. The van der Waals surface area contributed by atoms with Crippen molar-refractivity contribution in [1.82, 2.24) is 28.9 Å². The lowest BCUT2D eigenvalue weighted by Crippen LogP contribution is -2.41. The number of aryl methyl sites for hydroxylation is 1. The number of aromatic nitrogens is 6. The van der Waals surface area contributed by atoms with Gasteiger partial charge in [0.05, 0.1) is 18.3 Å². The van der Waals surface area contributed by atoms with Gasteiger partial charge in [0.25, 0.3) is 0 Å². The van der Waals surface area contributed by atoms with E-state index in [1.807, 2.05) is 0 Å². The van der Waals surface area contributed by atoms with Crippen LogP contribution in [0.3, 0.4) is 0 Å². The Morgan fingerprint density at radius 3 is 2.68 bits per heavy atom. The monoisotopic (exact) mass is 424 g/mol. The Bertz CT molecular complexity index is 1330. The Labute approximate surface area is 174 Å². The fraction of sp³-hybridized carbons (Fsp3) is 0.333. The van der Waals surface area contributed by atoms with Gasteiger partial charge < -0.3 is 4.74 Å². The van der Waals surface area contributed by atoms with E-state index in [0.717, 1.165) is 6.07 Å². The normalized spacial score (nSPS) is 22.5. The highest BCUT2D eigenvalue weighted by Gasteiger charge is 2.38. The lowest BCUT2D eigenvalue weighted by atomic mass is 9.89. The number of benzene rings is 1. The van der Waals surface area contributed by atoms with Crippen LogP contribution in [0.25, 0.3) is 5.65 Å². The molecule has 1 aliphatic carbocycles. The van der Waals surface area contributed by atoms with Crippen LogP contribution < -0.4 is 10.4 Å². The zero-order valence-electron chi connectivity index (χ0n) is 16.4. The van der Waals surface area contributed by atoms with Crippen LogP contribution in [0.4, 0.5) is 8.78 Å². The van der Waals surface area contributed by atoms with Crippen molar-refractivity contribution in [2.45, 2.75) is 43.9 Å². The molecule has 1 aliphatic heterocycles. The number of halogens is 2. The first-order valence-electron chi connectivity index (χ1n) is 10.2. The molecule has 0 amide bonds. The van der Waals surface area contributed by atoms with Crippen molar-refractivity contribution in [1.29, 1.82) is 0 Å². The molecule has 31 heavy (non-hydrogen) atoms. The summed E-state index contributed by atoms with van der Waals surface area (Å²) in [5.41, 5.74) is 0.910. The van der Waals surface area contributed by atoms with Gasteiger partial charge in [-0.05, 0) is 24.1 Å². The van der Waals surface area contributed by atoms with Crippen LogP contribution in [-0.2, 0) is 6.42 Å². The minimum absolute atomic E-state index is 0.0589. The van der Waals surface area contributed by atoms with Crippen molar-refractivity contribution >= 4 is 5.65 Å². The topological polar surface area (TPSA) is 79.2 Å². The first-order chi connectivity index (χ1) is 15.1. The molecule has 0 unspecified atom stereocenters. The zero-order valence-corrected chi connectivity index (χ0v) is 16.4. The van der Waals surface area contributed by atoms with Gasteiger partial charge in [0, 0.05) is 43.7 Å². The number of ether oxygens (including phenoxy) is 1. The Balaban J connectivity index is 1.21. The summed E-state index contributed by atoms with van der Waals surface area (Å²) in [7, 11) is 0. The molecule has 1 aromatic carbocycles. The fourth-order valence-corrected chi connectivity index (χ4v) is 4.54. The molecule has 158 valence electrons. The van der Waals surface area contributed by atoms with E-state index in [9.17, 15) is 13.6 Å². The van der Waals surface area contributed by atoms with Crippen LogP contribution in [0.5, 0.6) is 5.88 Å². The average molecular weight is 424 g/mol. The van der Waals surface area contributed by atoms with Gasteiger partial charge in [0.15, 0.2) is 5.65 Å². The SMILES string of the molecule is O=c1n2c(nn1[C@H]1C[C@H](Oc3ccnc4ccnn34)C1)CC[C@H]2c1cc(F)cc(F)c1. The number of rotatable bonds is 4. The molecule has 8 nitrogen and oxygen atoms in total. The first-order valence-corrected chi connectivity index (χ1v) is 10.2. The molecule has 0 bridgehead atoms. The maximum Gasteiger partial charge on any atom is 0.346 e. The number of hydrogen-bond donors (Lipinski definition) is 0. The minimum Gasteiger partial charge on any atom is -0.474 e. The molecule has 0 spiro atoms. The second kappa shape index (κ2) is 6.73. The van der Waals surface area contributed by atoms with E-state index in [1.165, 1.54) is 16.8 Å². The van der Waals surface area contributed by atoms with E-state index >= 15 is 0 Å². The van der Waals surface area contributed by atoms with Gasteiger partial charge in [-0.1, -0.05) is 0 Å². The summed E-state index contributed by atoms with van der Waals surface area (Å²) in [5, 5.41) is 8.72. The maximum absolute atomic E-state index is 13.7. The predicted octanol–water partition coefficient (Wildman–Crippen LogP) is 2.68. The van der Waals surface area contributed by atoms with Crippen molar-refractivity contribution in [3.8, 4) is 5.88 Å². The molecule has 1 atom stereocenters. The fourth-order valence-electron chi connectivity index (χ4n) is 4.54. The van der Waals surface area contributed by atoms with Crippen LogP contribution in [0.15, 0.2) is 47.5 Å². The highest BCUT2D eigenvalue weighted by Crippen LogP contribution is 2.36. The molecule has 4 aromatic rings. The highest BCUT2D eigenvalue weighted by atomic mass is 19.1. The van der Waals surface area contributed by atoms with Crippen LogP contribution in [0, 0.1) is 11.6 Å². The molecular formula is C21H18F2N6O2.